The van der Waals surface area contributed by atoms with Crippen molar-refractivity contribution >= 4 is 29.9 Å². The summed E-state index contributed by atoms with van der Waals surface area (Å²) in [4.78, 5) is 4.32. The van der Waals surface area contributed by atoms with Crippen LogP contribution >= 0.6 is 24.0 Å². The van der Waals surface area contributed by atoms with Crippen LogP contribution in [0.1, 0.15) is 29.4 Å². The number of hydrogen-bond acceptors (Lipinski definition) is 3. The zero-order chi connectivity index (χ0) is 18.4. The zero-order valence-corrected chi connectivity index (χ0v) is 18.8. The Bertz CT molecular complexity index is 742. The first-order valence-electron chi connectivity index (χ1n) is 8.54. The van der Waals surface area contributed by atoms with E-state index in [-0.39, 0.29) is 30.0 Å². The van der Waals surface area contributed by atoms with Crippen molar-refractivity contribution in [2.24, 2.45) is 12.0 Å². The Balaban J connectivity index is 0.00000338. The fraction of sp³-hybridized carbons (Fsp3) is 0.474. The van der Waals surface area contributed by atoms with Crippen LogP contribution in [-0.4, -0.2) is 35.9 Å². The Morgan fingerprint density at radius 1 is 1.31 bits per heavy atom. The molecule has 0 saturated heterocycles. The van der Waals surface area contributed by atoms with E-state index in [2.05, 4.69) is 41.5 Å². The average molecular weight is 471 g/mol. The lowest BCUT2D eigenvalue weighted by atomic mass is 10.1. The molecule has 0 aliphatic heterocycles. The maximum absolute atomic E-state index is 5.39. The quantitative estimate of drug-likeness (QED) is 0.387. The second-order valence-electron chi connectivity index (χ2n) is 6.26. The summed E-state index contributed by atoms with van der Waals surface area (Å²) in [6.07, 6.45) is 0.904. The molecule has 1 heterocycles. The Hall–Kier alpha value is -1.77. The molecule has 26 heavy (non-hydrogen) atoms. The third-order valence-corrected chi connectivity index (χ3v) is 4.41. The summed E-state index contributed by atoms with van der Waals surface area (Å²) in [6, 6.07) is 8.22. The largest absolute Gasteiger partial charge is 0.496 e. The minimum Gasteiger partial charge on any atom is -0.496 e. The molecular formula is C19H30IN5O. The average Bonchev–Trinajstić information content (AvgIpc) is 2.85. The van der Waals surface area contributed by atoms with Crippen LogP contribution in [0, 0.1) is 13.8 Å². The lowest BCUT2D eigenvalue weighted by Crippen LogP contribution is -2.42. The minimum atomic E-state index is 0. The number of benzene rings is 1. The second kappa shape index (κ2) is 10.4. The van der Waals surface area contributed by atoms with E-state index in [0.717, 1.165) is 29.4 Å². The molecule has 2 N–H and O–H groups in total. The normalized spacial score (nSPS) is 12.3. The van der Waals surface area contributed by atoms with E-state index in [9.17, 15) is 0 Å². The molecule has 0 spiro atoms. The van der Waals surface area contributed by atoms with Crippen molar-refractivity contribution in [2.45, 2.75) is 39.8 Å². The van der Waals surface area contributed by atoms with Crippen LogP contribution in [0.25, 0.3) is 0 Å². The second-order valence-corrected chi connectivity index (χ2v) is 6.26. The number of halogens is 1. The van der Waals surface area contributed by atoms with Gasteiger partial charge in [-0.2, -0.15) is 5.10 Å². The van der Waals surface area contributed by atoms with Crippen LogP contribution in [0.3, 0.4) is 0 Å². The zero-order valence-electron chi connectivity index (χ0n) is 16.5. The molecule has 2 aromatic rings. The number of guanidine groups is 1. The number of nitrogens with zero attached hydrogens (tertiary/aromatic N) is 3. The van der Waals surface area contributed by atoms with Gasteiger partial charge in [-0.1, -0.05) is 18.2 Å². The number of aryl methyl sites for hydroxylation is 2. The molecule has 0 aliphatic rings. The van der Waals surface area contributed by atoms with Gasteiger partial charge in [-0.25, -0.2) is 0 Å². The number of hydrogen-bond donors (Lipinski definition) is 2. The third kappa shape index (κ3) is 5.62. The van der Waals surface area contributed by atoms with E-state index in [1.54, 1.807) is 14.2 Å². The van der Waals surface area contributed by atoms with Crippen LogP contribution in [0.15, 0.2) is 29.3 Å². The van der Waals surface area contributed by atoms with Crippen molar-refractivity contribution in [1.82, 2.24) is 20.4 Å². The Morgan fingerprint density at radius 2 is 2.00 bits per heavy atom. The van der Waals surface area contributed by atoms with Crippen LogP contribution in [0.2, 0.25) is 0 Å². The third-order valence-electron chi connectivity index (χ3n) is 4.41. The summed E-state index contributed by atoms with van der Waals surface area (Å²) in [5.41, 5.74) is 4.69. The SMILES string of the molecule is CN=C(NCc1ccccc1OC)NC(C)Cc1c(C)nn(C)c1C.I. The lowest BCUT2D eigenvalue weighted by Gasteiger charge is -2.19. The summed E-state index contributed by atoms with van der Waals surface area (Å²) < 4.78 is 7.33. The van der Waals surface area contributed by atoms with Gasteiger partial charge in [0.25, 0.3) is 0 Å². The van der Waals surface area contributed by atoms with Crippen molar-refractivity contribution in [3.8, 4) is 5.75 Å². The molecule has 1 unspecified atom stereocenters. The predicted octanol–water partition coefficient (Wildman–Crippen LogP) is 2.96. The number of para-hydroxylation sites is 1. The molecule has 0 radical (unpaired) electrons. The molecule has 1 aromatic heterocycles. The summed E-state index contributed by atoms with van der Waals surface area (Å²) in [5, 5.41) is 11.3. The Kier molecular flexibility index (Phi) is 8.91. The molecule has 2 rings (SSSR count). The fourth-order valence-electron chi connectivity index (χ4n) is 2.93. The number of aromatic nitrogens is 2. The topological polar surface area (TPSA) is 63.5 Å². The van der Waals surface area contributed by atoms with Crippen molar-refractivity contribution in [3.63, 3.8) is 0 Å². The summed E-state index contributed by atoms with van der Waals surface area (Å²) in [7, 11) is 5.45. The highest BCUT2D eigenvalue weighted by atomic mass is 127. The number of aliphatic imine (C=N–C) groups is 1. The van der Waals surface area contributed by atoms with Crippen LogP contribution in [-0.2, 0) is 20.0 Å². The first kappa shape index (κ1) is 22.3. The smallest absolute Gasteiger partial charge is 0.191 e. The van der Waals surface area contributed by atoms with Gasteiger partial charge in [0.05, 0.1) is 12.8 Å². The molecule has 7 heteroatoms. The summed E-state index contributed by atoms with van der Waals surface area (Å²) in [6.45, 7) is 6.98. The molecule has 0 saturated carbocycles. The van der Waals surface area contributed by atoms with Crippen molar-refractivity contribution in [1.29, 1.82) is 0 Å². The van der Waals surface area contributed by atoms with Crippen molar-refractivity contribution in [2.75, 3.05) is 14.2 Å². The molecule has 1 atom stereocenters. The van der Waals surface area contributed by atoms with Gasteiger partial charge in [0.15, 0.2) is 5.96 Å². The molecule has 1 aromatic carbocycles. The molecule has 6 nitrogen and oxygen atoms in total. The van der Waals surface area contributed by atoms with Gasteiger partial charge < -0.3 is 15.4 Å². The number of nitrogens with one attached hydrogen (secondary N) is 2. The number of ether oxygens (including phenoxy) is 1. The first-order valence-corrected chi connectivity index (χ1v) is 8.54. The van der Waals surface area contributed by atoms with E-state index in [4.69, 9.17) is 4.74 Å². The highest BCUT2D eigenvalue weighted by Crippen LogP contribution is 2.17. The minimum absolute atomic E-state index is 0. The molecule has 144 valence electrons. The van der Waals surface area contributed by atoms with Crippen LogP contribution in [0.5, 0.6) is 5.75 Å². The molecular weight excluding hydrogens is 441 g/mol. The van der Waals surface area contributed by atoms with E-state index in [1.165, 1.54) is 11.3 Å². The maximum atomic E-state index is 5.39. The summed E-state index contributed by atoms with van der Waals surface area (Å²) in [5.74, 6) is 1.65. The first-order chi connectivity index (χ1) is 12.0. The monoisotopic (exact) mass is 471 g/mol. The van der Waals surface area contributed by atoms with Crippen LogP contribution in [0.4, 0.5) is 0 Å². The van der Waals surface area contributed by atoms with E-state index in [0.29, 0.717) is 6.54 Å². The Morgan fingerprint density at radius 3 is 2.58 bits per heavy atom. The molecule has 0 bridgehead atoms. The van der Waals surface area contributed by atoms with Gasteiger partial charge in [0.1, 0.15) is 5.75 Å². The van der Waals surface area contributed by atoms with Gasteiger partial charge in [0.2, 0.25) is 0 Å². The van der Waals surface area contributed by atoms with Gasteiger partial charge in [0, 0.05) is 37.9 Å². The van der Waals surface area contributed by atoms with E-state index < -0.39 is 0 Å². The highest BCUT2D eigenvalue weighted by molar-refractivity contribution is 14.0. The molecule has 0 fully saturated rings. The number of rotatable bonds is 6. The Labute approximate surface area is 173 Å². The maximum Gasteiger partial charge on any atom is 0.191 e. The van der Waals surface area contributed by atoms with Gasteiger partial charge >= 0.3 is 0 Å². The highest BCUT2D eigenvalue weighted by Gasteiger charge is 2.14. The lowest BCUT2D eigenvalue weighted by molar-refractivity contribution is 0.409. The van der Waals surface area contributed by atoms with Gasteiger partial charge in [-0.05, 0) is 38.8 Å². The molecule has 0 aliphatic carbocycles. The molecule has 0 amide bonds. The fourth-order valence-corrected chi connectivity index (χ4v) is 2.93. The van der Waals surface area contributed by atoms with Crippen LogP contribution < -0.4 is 15.4 Å². The van der Waals surface area contributed by atoms with Gasteiger partial charge in [-0.15, -0.1) is 24.0 Å². The van der Waals surface area contributed by atoms with Crippen molar-refractivity contribution < 1.29 is 4.74 Å². The predicted molar refractivity (Wildman–Crippen MR) is 118 cm³/mol. The van der Waals surface area contributed by atoms with E-state index in [1.807, 2.05) is 36.0 Å². The standard InChI is InChI=1S/C19H29N5O.HI/c1-13(11-17-14(2)23-24(5)15(17)3)22-19(20-4)21-12-16-9-7-8-10-18(16)25-6;/h7-10,13H,11-12H2,1-6H3,(H2,20,21,22);1H. The van der Waals surface area contributed by atoms with Gasteiger partial charge in [-0.3, -0.25) is 9.67 Å². The number of methoxy groups -OCH3 is 1. The van der Waals surface area contributed by atoms with E-state index >= 15 is 0 Å². The van der Waals surface area contributed by atoms with Crippen molar-refractivity contribution in [3.05, 3.63) is 46.8 Å². The summed E-state index contributed by atoms with van der Waals surface area (Å²) >= 11 is 0.